The maximum absolute atomic E-state index is 12.0. The van der Waals surface area contributed by atoms with Gasteiger partial charge in [0.1, 0.15) is 5.54 Å². The smallest absolute Gasteiger partial charge is 0.240 e. The molecule has 1 amide bonds. The van der Waals surface area contributed by atoms with E-state index in [2.05, 4.69) is 15.2 Å². The first-order chi connectivity index (χ1) is 8.31. The van der Waals surface area contributed by atoms with Gasteiger partial charge in [0.25, 0.3) is 0 Å². The second kappa shape index (κ2) is 4.11. The third kappa shape index (κ3) is 1.72. The number of amides is 1. The third-order valence-electron chi connectivity index (χ3n) is 3.99. The van der Waals surface area contributed by atoms with Crippen LogP contribution in [0.2, 0.25) is 0 Å². The molecule has 0 aromatic carbocycles. The summed E-state index contributed by atoms with van der Waals surface area (Å²) in [4.78, 5) is 18.4. The molecule has 1 unspecified atom stereocenters. The van der Waals surface area contributed by atoms with Crippen LogP contribution >= 0.6 is 0 Å². The Morgan fingerprint density at radius 1 is 1.35 bits per heavy atom. The van der Waals surface area contributed by atoms with Crippen LogP contribution in [-0.4, -0.2) is 34.4 Å². The van der Waals surface area contributed by atoms with Crippen molar-refractivity contribution in [2.45, 2.75) is 31.3 Å². The highest BCUT2D eigenvalue weighted by Gasteiger charge is 2.49. The van der Waals surface area contributed by atoms with Gasteiger partial charge < -0.3 is 5.32 Å². The Morgan fingerprint density at radius 2 is 2.18 bits per heavy atom. The van der Waals surface area contributed by atoms with Crippen LogP contribution in [0.3, 0.4) is 0 Å². The molecule has 1 aromatic rings. The second-order valence-corrected chi connectivity index (χ2v) is 4.92. The van der Waals surface area contributed by atoms with Crippen LogP contribution in [0, 0.1) is 0 Å². The Balaban J connectivity index is 1.81. The van der Waals surface area contributed by atoms with E-state index in [0.717, 1.165) is 38.9 Å². The molecule has 1 N–H and O–H groups in total. The molecule has 1 atom stereocenters. The summed E-state index contributed by atoms with van der Waals surface area (Å²) in [5.74, 6) is 0.226. The lowest BCUT2D eigenvalue weighted by Gasteiger charge is -2.32. The number of carbonyl (C=O) groups excluding carboxylic acids is 1. The van der Waals surface area contributed by atoms with E-state index in [1.54, 1.807) is 0 Å². The van der Waals surface area contributed by atoms with Crippen molar-refractivity contribution in [3.8, 4) is 0 Å². The molecule has 1 spiro atoms. The van der Waals surface area contributed by atoms with E-state index in [1.165, 1.54) is 5.56 Å². The van der Waals surface area contributed by atoms with Crippen molar-refractivity contribution in [2.75, 3.05) is 13.1 Å². The number of hydrogen-bond acceptors (Lipinski definition) is 3. The lowest BCUT2D eigenvalue weighted by atomic mass is 9.94. The molecule has 3 rings (SSSR count). The van der Waals surface area contributed by atoms with Crippen LogP contribution in [-0.2, 0) is 11.3 Å². The Labute approximate surface area is 101 Å². The average Bonchev–Trinajstić information content (AvgIpc) is 2.91. The predicted molar refractivity (Wildman–Crippen MR) is 64.2 cm³/mol. The summed E-state index contributed by atoms with van der Waals surface area (Å²) in [5, 5.41) is 2.98. The van der Waals surface area contributed by atoms with Gasteiger partial charge in [-0.15, -0.1) is 0 Å². The summed E-state index contributed by atoms with van der Waals surface area (Å²) in [7, 11) is 0. The van der Waals surface area contributed by atoms with Gasteiger partial charge in [-0.05, 0) is 43.5 Å². The van der Waals surface area contributed by atoms with Crippen molar-refractivity contribution >= 4 is 5.91 Å². The van der Waals surface area contributed by atoms with Gasteiger partial charge in [-0.3, -0.25) is 14.7 Å². The topological polar surface area (TPSA) is 45.2 Å². The highest BCUT2D eigenvalue weighted by molar-refractivity contribution is 5.88. The summed E-state index contributed by atoms with van der Waals surface area (Å²) in [6.07, 6.45) is 6.71. The van der Waals surface area contributed by atoms with E-state index in [0.29, 0.717) is 0 Å². The number of likely N-dealkylation sites (tertiary alicyclic amines) is 1. The van der Waals surface area contributed by atoms with Crippen molar-refractivity contribution in [1.29, 1.82) is 0 Å². The standard InChI is InChI=1S/C13H17N3O/c17-12-13(5-8-15-12)4-1-9-16(13)10-11-2-6-14-7-3-11/h2-3,6-7H,1,4-5,8-10H2,(H,15,17). The summed E-state index contributed by atoms with van der Waals surface area (Å²) >= 11 is 0. The van der Waals surface area contributed by atoms with Gasteiger partial charge in [-0.1, -0.05) is 0 Å². The molecule has 0 aliphatic carbocycles. The largest absolute Gasteiger partial charge is 0.354 e. The molecule has 90 valence electrons. The van der Waals surface area contributed by atoms with Crippen molar-refractivity contribution in [3.05, 3.63) is 30.1 Å². The predicted octanol–water partition coefficient (Wildman–Crippen LogP) is 0.936. The first-order valence-electron chi connectivity index (χ1n) is 6.23. The summed E-state index contributed by atoms with van der Waals surface area (Å²) in [6.45, 7) is 2.71. The normalized spacial score (nSPS) is 28.8. The molecule has 0 radical (unpaired) electrons. The lowest BCUT2D eigenvalue weighted by Crippen LogP contribution is -2.49. The zero-order valence-electron chi connectivity index (χ0n) is 9.85. The number of nitrogens with one attached hydrogen (secondary N) is 1. The molecular formula is C13H17N3O. The minimum Gasteiger partial charge on any atom is -0.354 e. The molecule has 1 aromatic heterocycles. The molecule has 17 heavy (non-hydrogen) atoms. The average molecular weight is 231 g/mol. The Kier molecular flexibility index (Phi) is 2.59. The van der Waals surface area contributed by atoms with Crippen LogP contribution in [0.1, 0.15) is 24.8 Å². The Hall–Kier alpha value is -1.42. The molecule has 2 aliphatic rings. The van der Waals surface area contributed by atoms with Crippen LogP contribution in [0.15, 0.2) is 24.5 Å². The molecule has 4 nitrogen and oxygen atoms in total. The second-order valence-electron chi connectivity index (χ2n) is 4.92. The van der Waals surface area contributed by atoms with Crippen LogP contribution < -0.4 is 5.32 Å². The number of rotatable bonds is 2. The summed E-state index contributed by atoms with van der Waals surface area (Å²) in [6, 6.07) is 4.05. The molecule has 2 saturated heterocycles. The summed E-state index contributed by atoms with van der Waals surface area (Å²) < 4.78 is 0. The molecule has 0 saturated carbocycles. The number of pyridine rings is 1. The zero-order valence-corrected chi connectivity index (χ0v) is 9.85. The SMILES string of the molecule is O=C1NCCC12CCCN2Cc1ccncc1. The van der Waals surface area contributed by atoms with Crippen molar-refractivity contribution in [2.24, 2.45) is 0 Å². The maximum Gasteiger partial charge on any atom is 0.240 e. The van der Waals surface area contributed by atoms with E-state index < -0.39 is 0 Å². The van der Waals surface area contributed by atoms with E-state index >= 15 is 0 Å². The van der Waals surface area contributed by atoms with Crippen molar-refractivity contribution in [3.63, 3.8) is 0 Å². The van der Waals surface area contributed by atoms with Gasteiger partial charge in [-0.2, -0.15) is 0 Å². The van der Waals surface area contributed by atoms with E-state index in [1.807, 2.05) is 24.5 Å². The molecule has 2 fully saturated rings. The fourth-order valence-corrected chi connectivity index (χ4v) is 3.07. The highest BCUT2D eigenvalue weighted by atomic mass is 16.2. The maximum atomic E-state index is 12.0. The van der Waals surface area contributed by atoms with Gasteiger partial charge in [0.2, 0.25) is 5.91 Å². The van der Waals surface area contributed by atoms with Crippen LogP contribution in [0.4, 0.5) is 0 Å². The molecule has 0 bridgehead atoms. The first-order valence-corrected chi connectivity index (χ1v) is 6.23. The summed E-state index contributed by atoms with van der Waals surface area (Å²) in [5.41, 5.74) is 1.02. The van der Waals surface area contributed by atoms with E-state index in [9.17, 15) is 4.79 Å². The van der Waals surface area contributed by atoms with E-state index in [-0.39, 0.29) is 11.4 Å². The number of carbonyl (C=O) groups is 1. The lowest BCUT2D eigenvalue weighted by molar-refractivity contribution is -0.128. The van der Waals surface area contributed by atoms with Gasteiger partial charge in [0.15, 0.2) is 0 Å². The highest BCUT2D eigenvalue weighted by Crippen LogP contribution is 2.36. The van der Waals surface area contributed by atoms with Gasteiger partial charge in [0, 0.05) is 25.5 Å². The van der Waals surface area contributed by atoms with Gasteiger partial charge in [0.05, 0.1) is 0 Å². The molecular weight excluding hydrogens is 214 g/mol. The minimum absolute atomic E-state index is 0.219. The fourth-order valence-electron chi connectivity index (χ4n) is 3.07. The third-order valence-corrected chi connectivity index (χ3v) is 3.99. The number of aromatic nitrogens is 1. The number of hydrogen-bond donors (Lipinski definition) is 1. The van der Waals surface area contributed by atoms with Crippen molar-refractivity contribution < 1.29 is 4.79 Å². The molecule has 3 heterocycles. The van der Waals surface area contributed by atoms with Crippen LogP contribution in [0.5, 0.6) is 0 Å². The quantitative estimate of drug-likeness (QED) is 0.823. The number of nitrogens with zero attached hydrogens (tertiary/aromatic N) is 2. The first kappa shape index (κ1) is 10.7. The molecule has 4 heteroatoms. The molecule has 2 aliphatic heterocycles. The van der Waals surface area contributed by atoms with Crippen molar-refractivity contribution in [1.82, 2.24) is 15.2 Å². The monoisotopic (exact) mass is 231 g/mol. The van der Waals surface area contributed by atoms with E-state index in [4.69, 9.17) is 0 Å². The zero-order chi connectivity index (χ0) is 11.7. The van der Waals surface area contributed by atoms with Crippen LogP contribution in [0.25, 0.3) is 0 Å². The minimum atomic E-state index is -0.219. The Bertz CT molecular complexity index is 416. The van der Waals surface area contributed by atoms with Gasteiger partial charge in [-0.25, -0.2) is 0 Å². The Morgan fingerprint density at radius 3 is 2.88 bits per heavy atom. The fraction of sp³-hybridized carbons (Fsp3) is 0.538. The van der Waals surface area contributed by atoms with Gasteiger partial charge >= 0.3 is 0 Å².